The van der Waals surface area contributed by atoms with Gasteiger partial charge < -0.3 is 15.1 Å². The molecular weight excluding hydrogens is 377 g/mol. The first-order chi connectivity index (χ1) is 13.3. The van der Waals surface area contributed by atoms with Gasteiger partial charge in [0, 0.05) is 13.2 Å². The summed E-state index contributed by atoms with van der Waals surface area (Å²) in [6, 6.07) is 9.43. The largest absolute Gasteiger partial charge is 0.458 e. The van der Waals surface area contributed by atoms with E-state index in [1.54, 1.807) is 36.1 Å². The Labute approximate surface area is 157 Å². The predicted octanol–water partition coefficient (Wildman–Crippen LogP) is 2.95. The Hall–Kier alpha value is -3.56. The molecular formula is C18H15F3N4O3. The van der Waals surface area contributed by atoms with Crippen molar-refractivity contribution < 1.29 is 27.2 Å². The number of hydrogen-bond donors (Lipinski definition) is 2. The number of nitrogens with zero attached hydrogens (tertiary/aromatic N) is 2. The highest BCUT2D eigenvalue weighted by atomic mass is 19.4. The van der Waals surface area contributed by atoms with Crippen LogP contribution in [0.2, 0.25) is 0 Å². The van der Waals surface area contributed by atoms with Gasteiger partial charge in [-0.3, -0.25) is 14.3 Å². The predicted molar refractivity (Wildman–Crippen MR) is 92.8 cm³/mol. The number of anilines is 1. The van der Waals surface area contributed by atoms with Gasteiger partial charge in [0.2, 0.25) is 0 Å². The SMILES string of the molecule is Cn1nccc1-c1ccc(CNC(=O)C(=O)Nc2ccccc2C(F)(F)F)o1. The lowest BCUT2D eigenvalue weighted by Crippen LogP contribution is -2.35. The molecule has 2 aromatic heterocycles. The lowest BCUT2D eigenvalue weighted by Gasteiger charge is -2.13. The van der Waals surface area contributed by atoms with Crippen LogP contribution < -0.4 is 10.6 Å². The number of carbonyl (C=O) groups excluding carboxylic acids is 2. The van der Waals surface area contributed by atoms with Crippen molar-refractivity contribution in [2.45, 2.75) is 12.7 Å². The van der Waals surface area contributed by atoms with E-state index in [2.05, 4.69) is 10.4 Å². The molecule has 3 aromatic rings. The average Bonchev–Trinajstić information content (AvgIpc) is 3.27. The summed E-state index contributed by atoms with van der Waals surface area (Å²) in [5, 5.41) is 8.29. The fourth-order valence-corrected chi connectivity index (χ4v) is 2.49. The van der Waals surface area contributed by atoms with Crippen molar-refractivity contribution in [3.63, 3.8) is 0 Å². The van der Waals surface area contributed by atoms with E-state index in [4.69, 9.17) is 4.42 Å². The number of para-hydroxylation sites is 1. The molecule has 0 unspecified atom stereocenters. The minimum Gasteiger partial charge on any atom is -0.458 e. The molecule has 10 heteroatoms. The second-order valence-electron chi connectivity index (χ2n) is 5.79. The van der Waals surface area contributed by atoms with Gasteiger partial charge in [0.15, 0.2) is 5.76 Å². The molecule has 146 valence electrons. The van der Waals surface area contributed by atoms with Crippen LogP contribution in [0.25, 0.3) is 11.5 Å². The zero-order chi connectivity index (χ0) is 20.3. The monoisotopic (exact) mass is 392 g/mol. The highest BCUT2D eigenvalue weighted by Gasteiger charge is 2.34. The third-order valence-corrected chi connectivity index (χ3v) is 3.85. The Morgan fingerprint density at radius 3 is 2.54 bits per heavy atom. The first-order valence-electron chi connectivity index (χ1n) is 8.08. The van der Waals surface area contributed by atoms with Crippen molar-refractivity contribution >= 4 is 17.5 Å². The molecule has 0 fully saturated rings. The molecule has 0 saturated heterocycles. The van der Waals surface area contributed by atoms with Gasteiger partial charge in [0.05, 0.1) is 17.8 Å². The topological polar surface area (TPSA) is 89.2 Å². The second kappa shape index (κ2) is 7.59. The first kappa shape index (κ1) is 19.2. The van der Waals surface area contributed by atoms with Crippen molar-refractivity contribution in [1.82, 2.24) is 15.1 Å². The molecule has 0 saturated carbocycles. The van der Waals surface area contributed by atoms with E-state index in [9.17, 15) is 22.8 Å². The van der Waals surface area contributed by atoms with Crippen LogP contribution in [0.5, 0.6) is 0 Å². The lowest BCUT2D eigenvalue weighted by atomic mass is 10.1. The van der Waals surface area contributed by atoms with Gasteiger partial charge in [-0.15, -0.1) is 0 Å². The molecule has 3 rings (SSSR count). The highest BCUT2D eigenvalue weighted by molar-refractivity contribution is 6.39. The number of halogens is 3. The summed E-state index contributed by atoms with van der Waals surface area (Å²) in [6.07, 6.45) is -3.06. The van der Waals surface area contributed by atoms with E-state index < -0.39 is 29.2 Å². The maximum absolute atomic E-state index is 12.9. The molecule has 0 aliphatic rings. The molecule has 28 heavy (non-hydrogen) atoms. The average molecular weight is 392 g/mol. The molecule has 0 aliphatic heterocycles. The number of rotatable bonds is 4. The van der Waals surface area contributed by atoms with Crippen LogP contribution in [0, 0.1) is 0 Å². The molecule has 0 radical (unpaired) electrons. The van der Waals surface area contributed by atoms with Gasteiger partial charge in [-0.25, -0.2) is 0 Å². The molecule has 2 N–H and O–H groups in total. The van der Waals surface area contributed by atoms with E-state index in [-0.39, 0.29) is 6.54 Å². The van der Waals surface area contributed by atoms with Gasteiger partial charge in [-0.05, 0) is 30.3 Å². The van der Waals surface area contributed by atoms with Crippen molar-refractivity contribution in [2.24, 2.45) is 7.05 Å². The summed E-state index contributed by atoms with van der Waals surface area (Å²) in [5.74, 6) is -1.41. The fraction of sp³-hybridized carbons (Fsp3) is 0.167. The number of furan rings is 1. The Morgan fingerprint density at radius 1 is 1.11 bits per heavy atom. The minimum atomic E-state index is -4.66. The van der Waals surface area contributed by atoms with Crippen LogP contribution in [0.15, 0.2) is 53.1 Å². The smallest absolute Gasteiger partial charge is 0.418 e. The Bertz CT molecular complexity index is 1010. The summed E-state index contributed by atoms with van der Waals surface area (Å²) >= 11 is 0. The Morgan fingerprint density at radius 2 is 1.86 bits per heavy atom. The summed E-state index contributed by atoms with van der Waals surface area (Å²) in [4.78, 5) is 23.8. The molecule has 1 aromatic carbocycles. The molecule has 0 spiro atoms. The minimum absolute atomic E-state index is 0.106. The number of carbonyl (C=O) groups is 2. The number of aromatic nitrogens is 2. The normalized spacial score (nSPS) is 11.3. The Kier molecular flexibility index (Phi) is 5.21. The Balaban J connectivity index is 1.61. The van der Waals surface area contributed by atoms with Crippen molar-refractivity contribution in [3.8, 4) is 11.5 Å². The van der Waals surface area contributed by atoms with Crippen LogP contribution in [0.4, 0.5) is 18.9 Å². The van der Waals surface area contributed by atoms with Crippen molar-refractivity contribution in [1.29, 1.82) is 0 Å². The number of hydrogen-bond acceptors (Lipinski definition) is 4. The van der Waals surface area contributed by atoms with Crippen LogP contribution >= 0.6 is 0 Å². The summed E-state index contributed by atoms with van der Waals surface area (Å²) in [7, 11) is 1.74. The number of aryl methyl sites for hydroxylation is 1. The van der Waals surface area contributed by atoms with E-state index in [1.165, 1.54) is 12.1 Å². The maximum Gasteiger partial charge on any atom is 0.418 e. The maximum atomic E-state index is 12.9. The standard InChI is InChI=1S/C18H15F3N4O3/c1-25-14(8-9-23-25)15-7-6-11(28-15)10-22-16(26)17(27)24-13-5-3-2-4-12(13)18(19,20)21/h2-9H,10H2,1H3,(H,22,26)(H,24,27). The van der Waals surface area contributed by atoms with Gasteiger partial charge in [-0.1, -0.05) is 12.1 Å². The fourth-order valence-electron chi connectivity index (χ4n) is 2.49. The van der Waals surface area contributed by atoms with E-state index in [0.717, 1.165) is 17.8 Å². The van der Waals surface area contributed by atoms with Crippen LogP contribution in [-0.4, -0.2) is 21.6 Å². The summed E-state index contributed by atoms with van der Waals surface area (Å²) in [6.45, 7) is -0.106. The van der Waals surface area contributed by atoms with E-state index in [0.29, 0.717) is 11.5 Å². The van der Waals surface area contributed by atoms with Gasteiger partial charge >= 0.3 is 18.0 Å². The zero-order valence-electron chi connectivity index (χ0n) is 14.6. The molecule has 0 atom stereocenters. The number of alkyl halides is 3. The molecule has 7 nitrogen and oxygen atoms in total. The van der Waals surface area contributed by atoms with Gasteiger partial charge in [0.25, 0.3) is 0 Å². The molecule has 0 bridgehead atoms. The zero-order valence-corrected chi connectivity index (χ0v) is 14.6. The van der Waals surface area contributed by atoms with Crippen LogP contribution in [0.1, 0.15) is 11.3 Å². The summed E-state index contributed by atoms with van der Waals surface area (Å²) < 4.78 is 46.0. The number of amides is 2. The first-order valence-corrected chi connectivity index (χ1v) is 8.08. The van der Waals surface area contributed by atoms with E-state index in [1.807, 2.05) is 5.32 Å². The van der Waals surface area contributed by atoms with Gasteiger partial charge in [-0.2, -0.15) is 18.3 Å². The number of benzene rings is 1. The van der Waals surface area contributed by atoms with Crippen LogP contribution in [-0.2, 0) is 29.4 Å². The molecule has 2 heterocycles. The van der Waals surface area contributed by atoms with E-state index >= 15 is 0 Å². The van der Waals surface area contributed by atoms with Crippen molar-refractivity contribution in [3.05, 3.63) is 60.0 Å². The molecule has 0 aliphatic carbocycles. The number of nitrogens with one attached hydrogen (secondary N) is 2. The highest BCUT2D eigenvalue weighted by Crippen LogP contribution is 2.34. The quantitative estimate of drug-likeness (QED) is 0.668. The third-order valence-electron chi connectivity index (χ3n) is 3.85. The second-order valence-corrected chi connectivity index (χ2v) is 5.79. The summed E-state index contributed by atoms with van der Waals surface area (Å²) in [5.41, 5.74) is -0.811. The third kappa shape index (κ3) is 4.22. The van der Waals surface area contributed by atoms with Crippen LogP contribution in [0.3, 0.4) is 0 Å². The van der Waals surface area contributed by atoms with Crippen molar-refractivity contribution in [2.75, 3.05) is 5.32 Å². The van der Waals surface area contributed by atoms with Gasteiger partial charge in [0.1, 0.15) is 11.5 Å². The lowest BCUT2D eigenvalue weighted by molar-refractivity contribution is -0.138. The molecule has 2 amide bonds.